The minimum Gasteiger partial charge on any atom is -0.383 e. The summed E-state index contributed by atoms with van der Waals surface area (Å²) in [6, 6.07) is 7.86. The Morgan fingerprint density at radius 3 is 2.19 bits per heavy atom. The topological polar surface area (TPSA) is 6.25 Å². The summed E-state index contributed by atoms with van der Waals surface area (Å²) in [6.45, 7) is 0. The highest BCUT2D eigenvalue weighted by Crippen LogP contribution is 2.16. The van der Waals surface area contributed by atoms with E-state index in [-0.39, 0.29) is 0 Å². The highest BCUT2D eigenvalue weighted by molar-refractivity contribution is 6.30. The summed E-state index contributed by atoms with van der Waals surface area (Å²) in [5.74, 6) is 0. The molecule has 0 aromatic heterocycles. The first-order valence-electron chi connectivity index (χ1n) is 5.14. The van der Waals surface area contributed by atoms with Crippen molar-refractivity contribution in [3.63, 3.8) is 0 Å². The van der Waals surface area contributed by atoms with E-state index in [0.29, 0.717) is 0 Å². The van der Waals surface area contributed by atoms with Crippen LogP contribution in [0.25, 0.3) is 5.57 Å². The van der Waals surface area contributed by atoms with E-state index in [1.165, 1.54) is 0 Å². The molecule has 0 bridgehead atoms. The molecule has 0 unspecified atom stereocenters. The van der Waals surface area contributed by atoms with Gasteiger partial charge in [-0.25, -0.2) is 4.58 Å². The first-order valence-corrected chi connectivity index (χ1v) is 5.52. The third kappa shape index (κ3) is 4.07. The molecule has 1 rings (SSSR count). The SMILES string of the molecule is CN(C)/C=C(/C=[N+](C)C)c1ccc(Cl)cc1. The number of rotatable bonds is 3. The molecule has 3 heteroatoms. The molecule has 0 aliphatic rings. The average Bonchev–Trinajstić information content (AvgIpc) is 2.16. The van der Waals surface area contributed by atoms with Crippen LogP contribution >= 0.6 is 11.6 Å². The van der Waals surface area contributed by atoms with Gasteiger partial charge in [-0.05, 0) is 17.7 Å². The third-order valence-electron chi connectivity index (χ3n) is 1.97. The summed E-state index contributed by atoms with van der Waals surface area (Å²) in [6.07, 6.45) is 4.17. The highest BCUT2D eigenvalue weighted by Gasteiger charge is 2.03. The largest absolute Gasteiger partial charge is 0.383 e. The standard InChI is InChI=1S/C13H18ClN2/c1-15(2)9-12(10-16(3)4)11-5-7-13(14)8-6-11/h5-10H,1-4H3/q+1. The molecular formula is C13H18ClN2+. The molecule has 0 amide bonds. The molecular weight excluding hydrogens is 220 g/mol. The van der Waals surface area contributed by atoms with Crippen LogP contribution in [-0.4, -0.2) is 43.9 Å². The minimum atomic E-state index is 0.762. The third-order valence-corrected chi connectivity index (χ3v) is 2.22. The van der Waals surface area contributed by atoms with E-state index >= 15 is 0 Å². The molecule has 1 aromatic rings. The van der Waals surface area contributed by atoms with Crippen molar-refractivity contribution in [3.8, 4) is 0 Å². The van der Waals surface area contributed by atoms with Gasteiger partial charge in [-0.1, -0.05) is 23.7 Å². The van der Waals surface area contributed by atoms with Gasteiger partial charge >= 0.3 is 0 Å². The summed E-state index contributed by atoms with van der Waals surface area (Å²) in [5.41, 5.74) is 2.32. The molecule has 2 nitrogen and oxygen atoms in total. The number of allylic oxidation sites excluding steroid dienone is 1. The van der Waals surface area contributed by atoms with Crippen LogP contribution in [-0.2, 0) is 0 Å². The first kappa shape index (κ1) is 12.8. The molecule has 0 saturated heterocycles. The molecule has 0 saturated carbocycles. The molecule has 86 valence electrons. The van der Waals surface area contributed by atoms with Crippen LogP contribution in [0, 0.1) is 0 Å². The van der Waals surface area contributed by atoms with Gasteiger partial charge in [0.2, 0.25) is 0 Å². The molecule has 16 heavy (non-hydrogen) atoms. The molecule has 0 fully saturated rings. The molecule has 0 spiro atoms. The lowest BCUT2D eigenvalue weighted by molar-refractivity contribution is -0.458. The second kappa shape index (κ2) is 5.71. The number of hydrogen-bond donors (Lipinski definition) is 0. The van der Waals surface area contributed by atoms with E-state index in [1.807, 2.05) is 61.9 Å². The average molecular weight is 238 g/mol. The normalized spacial score (nSPS) is 11.2. The van der Waals surface area contributed by atoms with Gasteiger partial charge in [-0.3, -0.25) is 0 Å². The quantitative estimate of drug-likeness (QED) is 0.579. The van der Waals surface area contributed by atoms with Crippen LogP contribution in [0.3, 0.4) is 0 Å². The Morgan fingerprint density at radius 1 is 1.19 bits per heavy atom. The van der Waals surface area contributed by atoms with E-state index in [4.69, 9.17) is 11.6 Å². The van der Waals surface area contributed by atoms with Crippen molar-refractivity contribution in [1.29, 1.82) is 0 Å². The summed E-state index contributed by atoms with van der Waals surface area (Å²) < 4.78 is 2.03. The Balaban J connectivity index is 3.11. The number of benzene rings is 1. The summed E-state index contributed by atoms with van der Waals surface area (Å²) in [7, 11) is 8.05. The zero-order valence-corrected chi connectivity index (χ0v) is 11.0. The Morgan fingerprint density at radius 2 is 1.75 bits per heavy atom. The van der Waals surface area contributed by atoms with Gasteiger partial charge in [0.05, 0.1) is 5.57 Å². The predicted octanol–water partition coefficient (Wildman–Crippen LogP) is 2.59. The summed E-state index contributed by atoms with van der Waals surface area (Å²) in [4.78, 5) is 2.03. The predicted molar refractivity (Wildman–Crippen MR) is 71.3 cm³/mol. The number of halogens is 1. The summed E-state index contributed by atoms with van der Waals surface area (Å²) in [5, 5.41) is 0.762. The van der Waals surface area contributed by atoms with Gasteiger partial charge in [0, 0.05) is 25.3 Å². The van der Waals surface area contributed by atoms with Gasteiger partial charge in [-0.15, -0.1) is 0 Å². The van der Waals surface area contributed by atoms with Gasteiger partial charge < -0.3 is 4.90 Å². The van der Waals surface area contributed by atoms with Crippen molar-refractivity contribution in [2.24, 2.45) is 0 Å². The highest BCUT2D eigenvalue weighted by atomic mass is 35.5. The van der Waals surface area contributed by atoms with E-state index in [2.05, 4.69) is 12.4 Å². The van der Waals surface area contributed by atoms with Crippen LogP contribution in [0.15, 0.2) is 30.5 Å². The van der Waals surface area contributed by atoms with E-state index in [0.717, 1.165) is 16.2 Å². The monoisotopic (exact) mass is 237 g/mol. The molecule has 0 N–H and O–H groups in total. The fourth-order valence-electron chi connectivity index (χ4n) is 1.38. The Labute approximate surface area is 102 Å². The van der Waals surface area contributed by atoms with E-state index in [1.54, 1.807) is 0 Å². The fourth-order valence-corrected chi connectivity index (χ4v) is 1.51. The maximum absolute atomic E-state index is 5.88. The van der Waals surface area contributed by atoms with Crippen LogP contribution in [0.1, 0.15) is 5.56 Å². The van der Waals surface area contributed by atoms with Crippen molar-refractivity contribution < 1.29 is 4.58 Å². The second-order valence-corrected chi connectivity index (χ2v) is 4.58. The zero-order chi connectivity index (χ0) is 12.1. The first-order chi connectivity index (χ1) is 7.49. The maximum Gasteiger partial charge on any atom is 0.172 e. The smallest absolute Gasteiger partial charge is 0.172 e. The second-order valence-electron chi connectivity index (χ2n) is 4.15. The number of nitrogens with zero attached hydrogens (tertiary/aromatic N) is 2. The molecule has 0 aliphatic carbocycles. The van der Waals surface area contributed by atoms with E-state index < -0.39 is 0 Å². The van der Waals surface area contributed by atoms with Gasteiger partial charge in [0.15, 0.2) is 6.21 Å². The van der Waals surface area contributed by atoms with Crippen molar-refractivity contribution in [1.82, 2.24) is 4.90 Å². The minimum absolute atomic E-state index is 0.762. The molecule has 0 atom stereocenters. The lowest BCUT2D eigenvalue weighted by atomic mass is 10.1. The summed E-state index contributed by atoms with van der Waals surface area (Å²) >= 11 is 5.88. The Kier molecular flexibility index (Phi) is 4.56. The van der Waals surface area contributed by atoms with Gasteiger partial charge in [0.1, 0.15) is 14.1 Å². The van der Waals surface area contributed by atoms with Crippen molar-refractivity contribution in [2.45, 2.75) is 0 Å². The lowest BCUT2D eigenvalue weighted by Gasteiger charge is -2.08. The van der Waals surface area contributed by atoms with Crippen LogP contribution in [0.2, 0.25) is 5.02 Å². The zero-order valence-electron chi connectivity index (χ0n) is 10.2. The fraction of sp³-hybridized carbons (Fsp3) is 0.308. The van der Waals surface area contributed by atoms with Gasteiger partial charge in [-0.2, -0.15) is 0 Å². The molecule has 0 aliphatic heterocycles. The molecule has 0 heterocycles. The Bertz CT molecular complexity index is 398. The maximum atomic E-state index is 5.88. The van der Waals surface area contributed by atoms with Gasteiger partial charge in [0.25, 0.3) is 0 Å². The van der Waals surface area contributed by atoms with Crippen LogP contribution in [0.4, 0.5) is 0 Å². The molecule has 0 radical (unpaired) electrons. The number of hydrogen-bond acceptors (Lipinski definition) is 1. The van der Waals surface area contributed by atoms with E-state index in [9.17, 15) is 0 Å². The van der Waals surface area contributed by atoms with Crippen molar-refractivity contribution in [2.75, 3.05) is 28.2 Å². The van der Waals surface area contributed by atoms with Crippen molar-refractivity contribution in [3.05, 3.63) is 41.1 Å². The van der Waals surface area contributed by atoms with Crippen LogP contribution in [0.5, 0.6) is 0 Å². The van der Waals surface area contributed by atoms with Crippen LogP contribution < -0.4 is 0 Å². The molecule has 1 aromatic carbocycles. The van der Waals surface area contributed by atoms with Crippen molar-refractivity contribution >= 4 is 23.4 Å². The Hall–Kier alpha value is -1.28. The lowest BCUT2D eigenvalue weighted by Crippen LogP contribution is -2.07.